The highest BCUT2D eigenvalue weighted by Crippen LogP contribution is 2.31. The molecule has 1 aromatic rings. The molecule has 2 unspecified atom stereocenters. The van der Waals surface area contributed by atoms with E-state index >= 15 is 0 Å². The zero-order chi connectivity index (χ0) is 12.5. The van der Waals surface area contributed by atoms with Crippen molar-refractivity contribution in [1.82, 2.24) is 9.88 Å². The van der Waals surface area contributed by atoms with E-state index in [1.807, 2.05) is 4.90 Å². The van der Waals surface area contributed by atoms with Gasteiger partial charge < -0.3 is 10.2 Å². The van der Waals surface area contributed by atoms with Gasteiger partial charge in [0.05, 0.1) is 29.0 Å². The Morgan fingerprint density at radius 3 is 3.17 bits per heavy atom. The first-order valence-corrected chi connectivity index (χ1v) is 6.79. The summed E-state index contributed by atoms with van der Waals surface area (Å²) < 4.78 is 0. The predicted octanol–water partition coefficient (Wildman–Crippen LogP) is 2.30. The molecule has 96 valence electrons. The van der Waals surface area contributed by atoms with Gasteiger partial charge in [0.2, 0.25) is 5.91 Å². The van der Waals surface area contributed by atoms with E-state index in [0.29, 0.717) is 17.5 Å². The van der Waals surface area contributed by atoms with E-state index in [-0.39, 0.29) is 11.9 Å². The molecule has 0 aromatic carbocycles. The van der Waals surface area contributed by atoms with Gasteiger partial charge >= 0.3 is 0 Å². The number of rotatable bonds is 2. The molecule has 18 heavy (non-hydrogen) atoms. The number of aromatic nitrogens is 1. The molecule has 2 aliphatic rings. The number of hydrogen-bond donors (Lipinski definition) is 1. The maximum atomic E-state index is 11.9. The minimum absolute atomic E-state index is 0.166. The van der Waals surface area contributed by atoms with Crippen LogP contribution in [-0.2, 0) is 4.79 Å². The largest absolute Gasteiger partial charge is 0.377 e. The van der Waals surface area contributed by atoms with Crippen molar-refractivity contribution in [3.05, 3.63) is 23.5 Å². The van der Waals surface area contributed by atoms with Gasteiger partial charge in [0.25, 0.3) is 0 Å². The lowest BCUT2D eigenvalue weighted by Gasteiger charge is -2.33. The topological polar surface area (TPSA) is 45.2 Å². The number of halogens is 1. The van der Waals surface area contributed by atoms with Gasteiger partial charge in [-0.2, -0.15) is 0 Å². The molecule has 2 fully saturated rings. The van der Waals surface area contributed by atoms with Gasteiger partial charge in [0.1, 0.15) is 0 Å². The summed E-state index contributed by atoms with van der Waals surface area (Å²) >= 11 is 6.11. The molecule has 1 N–H and O–H groups in total. The van der Waals surface area contributed by atoms with Crippen molar-refractivity contribution in [3.63, 3.8) is 0 Å². The minimum atomic E-state index is 0.166. The number of hydrogen-bond acceptors (Lipinski definition) is 3. The number of nitrogens with one attached hydrogen (secondary N) is 1. The van der Waals surface area contributed by atoms with Crippen LogP contribution in [0.4, 0.5) is 5.69 Å². The van der Waals surface area contributed by atoms with Crippen LogP contribution in [0.1, 0.15) is 25.7 Å². The summed E-state index contributed by atoms with van der Waals surface area (Å²) in [6.07, 6.45) is 7.37. The van der Waals surface area contributed by atoms with Gasteiger partial charge in [0.15, 0.2) is 0 Å². The van der Waals surface area contributed by atoms with Crippen LogP contribution >= 0.6 is 11.6 Å². The molecule has 0 bridgehead atoms. The highest BCUT2D eigenvalue weighted by atomic mass is 35.5. The number of amides is 1. The van der Waals surface area contributed by atoms with Gasteiger partial charge in [-0.05, 0) is 25.3 Å². The number of pyridine rings is 1. The van der Waals surface area contributed by atoms with Gasteiger partial charge in [0, 0.05) is 19.2 Å². The van der Waals surface area contributed by atoms with Crippen molar-refractivity contribution in [2.75, 3.05) is 11.9 Å². The van der Waals surface area contributed by atoms with Crippen molar-refractivity contribution in [1.29, 1.82) is 0 Å². The number of carbonyl (C=O) groups excluding carboxylic acids is 1. The zero-order valence-electron chi connectivity index (χ0n) is 10.1. The van der Waals surface area contributed by atoms with Crippen LogP contribution in [-0.4, -0.2) is 34.4 Å². The summed E-state index contributed by atoms with van der Waals surface area (Å²) in [7, 11) is 0. The van der Waals surface area contributed by atoms with E-state index in [1.165, 1.54) is 6.42 Å². The Hall–Kier alpha value is -1.29. The molecule has 2 aliphatic heterocycles. The van der Waals surface area contributed by atoms with E-state index in [0.717, 1.165) is 25.1 Å². The summed E-state index contributed by atoms with van der Waals surface area (Å²) in [5.41, 5.74) is 0.824. The van der Waals surface area contributed by atoms with Crippen LogP contribution in [0.15, 0.2) is 18.5 Å². The van der Waals surface area contributed by atoms with Crippen molar-refractivity contribution in [3.8, 4) is 0 Å². The number of nitrogens with zero attached hydrogens (tertiary/aromatic N) is 2. The van der Waals surface area contributed by atoms with E-state index in [2.05, 4.69) is 10.3 Å². The van der Waals surface area contributed by atoms with Crippen molar-refractivity contribution in [2.24, 2.45) is 0 Å². The highest BCUT2D eigenvalue weighted by Gasteiger charge is 2.40. The molecule has 0 aliphatic carbocycles. The van der Waals surface area contributed by atoms with Gasteiger partial charge in [-0.1, -0.05) is 11.6 Å². The first-order chi connectivity index (χ1) is 8.75. The SMILES string of the molecule is O=C1CC(Nc2cnccc2Cl)C2CCCCN12. The standard InChI is InChI=1S/C13H16ClN3O/c14-9-4-5-15-8-11(9)16-10-7-13(18)17-6-2-1-3-12(10)17/h4-5,8,10,12,16H,1-3,6-7H2. The lowest BCUT2D eigenvalue weighted by molar-refractivity contribution is -0.129. The van der Waals surface area contributed by atoms with E-state index in [4.69, 9.17) is 11.6 Å². The molecular formula is C13H16ClN3O. The van der Waals surface area contributed by atoms with Crippen molar-refractivity contribution in [2.45, 2.75) is 37.8 Å². The van der Waals surface area contributed by atoms with Crippen LogP contribution in [0.25, 0.3) is 0 Å². The van der Waals surface area contributed by atoms with Crippen LogP contribution in [0.5, 0.6) is 0 Å². The third-order valence-corrected chi connectivity index (χ3v) is 4.17. The lowest BCUT2D eigenvalue weighted by atomic mass is 9.99. The fourth-order valence-electron chi connectivity index (χ4n) is 2.96. The average Bonchev–Trinajstić information content (AvgIpc) is 2.70. The Kier molecular flexibility index (Phi) is 3.12. The van der Waals surface area contributed by atoms with Crippen LogP contribution < -0.4 is 5.32 Å². The monoisotopic (exact) mass is 265 g/mol. The summed E-state index contributed by atoms with van der Waals surface area (Å²) in [6, 6.07) is 2.25. The van der Waals surface area contributed by atoms with Crippen molar-refractivity contribution >= 4 is 23.2 Å². The number of fused-ring (bicyclic) bond motifs is 1. The molecule has 0 spiro atoms. The second kappa shape index (κ2) is 4.76. The Labute approximate surface area is 111 Å². The molecule has 1 amide bonds. The van der Waals surface area contributed by atoms with Crippen LogP contribution in [0.3, 0.4) is 0 Å². The minimum Gasteiger partial charge on any atom is -0.377 e. The Balaban J connectivity index is 1.77. The first kappa shape index (κ1) is 11.8. The molecule has 3 heterocycles. The molecule has 0 radical (unpaired) electrons. The van der Waals surface area contributed by atoms with Crippen molar-refractivity contribution < 1.29 is 4.79 Å². The second-order valence-electron chi connectivity index (χ2n) is 4.96. The zero-order valence-corrected chi connectivity index (χ0v) is 10.9. The van der Waals surface area contributed by atoms with Crippen LogP contribution in [0.2, 0.25) is 5.02 Å². The smallest absolute Gasteiger partial charge is 0.225 e. The Morgan fingerprint density at radius 1 is 1.44 bits per heavy atom. The number of anilines is 1. The van der Waals surface area contributed by atoms with E-state index in [9.17, 15) is 4.79 Å². The normalized spacial score (nSPS) is 27.2. The number of piperidine rings is 1. The first-order valence-electron chi connectivity index (χ1n) is 6.41. The fourth-order valence-corrected chi connectivity index (χ4v) is 3.12. The number of carbonyl (C=O) groups is 1. The third-order valence-electron chi connectivity index (χ3n) is 3.84. The van der Waals surface area contributed by atoms with E-state index in [1.54, 1.807) is 18.5 Å². The maximum Gasteiger partial charge on any atom is 0.225 e. The fraction of sp³-hybridized carbons (Fsp3) is 0.538. The molecule has 5 heteroatoms. The average molecular weight is 266 g/mol. The van der Waals surface area contributed by atoms with Gasteiger partial charge in [-0.3, -0.25) is 9.78 Å². The highest BCUT2D eigenvalue weighted by molar-refractivity contribution is 6.33. The maximum absolute atomic E-state index is 11.9. The third kappa shape index (κ3) is 2.05. The Bertz CT molecular complexity index is 465. The molecule has 0 saturated carbocycles. The molecule has 2 saturated heterocycles. The quantitative estimate of drug-likeness (QED) is 0.893. The molecular weight excluding hydrogens is 250 g/mol. The van der Waals surface area contributed by atoms with E-state index < -0.39 is 0 Å². The van der Waals surface area contributed by atoms with Crippen LogP contribution in [0, 0.1) is 0 Å². The summed E-state index contributed by atoms with van der Waals surface area (Å²) in [6.45, 7) is 0.905. The Morgan fingerprint density at radius 2 is 2.33 bits per heavy atom. The summed E-state index contributed by atoms with van der Waals surface area (Å²) in [5.74, 6) is 0.261. The second-order valence-corrected chi connectivity index (χ2v) is 5.37. The van der Waals surface area contributed by atoms with Gasteiger partial charge in [-0.25, -0.2) is 0 Å². The summed E-state index contributed by atoms with van der Waals surface area (Å²) in [5, 5.41) is 4.04. The molecule has 4 nitrogen and oxygen atoms in total. The lowest BCUT2D eigenvalue weighted by Crippen LogP contribution is -2.42. The molecule has 3 rings (SSSR count). The van der Waals surface area contributed by atoms with Gasteiger partial charge in [-0.15, -0.1) is 0 Å². The summed E-state index contributed by atoms with van der Waals surface area (Å²) in [4.78, 5) is 18.0. The molecule has 1 aromatic heterocycles. The predicted molar refractivity (Wildman–Crippen MR) is 70.6 cm³/mol. The molecule has 2 atom stereocenters.